The molecule has 0 unspecified atom stereocenters. The molecule has 0 aliphatic heterocycles. The van der Waals surface area contributed by atoms with Gasteiger partial charge in [-0.05, 0) is 25.7 Å². The molecular formula is C12H24N2O2S. The average molecular weight is 260 g/mol. The van der Waals surface area contributed by atoms with Crippen LogP contribution in [0.15, 0.2) is 0 Å². The SMILES string of the molecule is O=S(=O)(CCNC1CC1)NC1CCCCCC1. The summed E-state index contributed by atoms with van der Waals surface area (Å²) in [5, 5.41) is 3.24. The molecule has 4 nitrogen and oxygen atoms in total. The van der Waals surface area contributed by atoms with Gasteiger partial charge in [-0.3, -0.25) is 0 Å². The molecule has 0 aromatic heterocycles. The lowest BCUT2D eigenvalue weighted by atomic mass is 10.1. The first-order chi connectivity index (χ1) is 8.16. The second kappa shape index (κ2) is 6.16. The van der Waals surface area contributed by atoms with E-state index in [1.807, 2.05) is 0 Å². The number of nitrogens with one attached hydrogen (secondary N) is 2. The van der Waals surface area contributed by atoms with Crippen LogP contribution in [0.5, 0.6) is 0 Å². The van der Waals surface area contributed by atoms with Crippen LogP contribution in [0.25, 0.3) is 0 Å². The Morgan fingerprint density at radius 2 is 1.53 bits per heavy atom. The number of hydrogen-bond acceptors (Lipinski definition) is 3. The predicted molar refractivity (Wildman–Crippen MR) is 69.4 cm³/mol. The van der Waals surface area contributed by atoms with Crippen molar-refractivity contribution < 1.29 is 8.42 Å². The van der Waals surface area contributed by atoms with E-state index in [-0.39, 0.29) is 11.8 Å². The van der Waals surface area contributed by atoms with Crippen LogP contribution in [0, 0.1) is 0 Å². The molecule has 0 spiro atoms. The molecule has 2 saturated carbocycles. The van der Waals surface area contributed by atoms with Gasteiger partial charge in [0.2, 0.25) is 10.0 Å². The highest BCUT2D eigenvalue weighted by Crippen LogP contribution is 2.19. The van der Waals surface area contributed by atoms with Crippen molar-refractivity contribution in [3.63, 3.8) is 0 Å². The molecule has 2 rings (SSSR count). The van der Waals surface area contributed by atoms with Crippen LogP contribution in [0.1, 0.15) is 51.4 Å². The van der Waals surface area contributed by atoms with Crippen molar-refractivity contribution in [3.05, 3.63) is 0 Å². The quantitative estimate of drug-likeness (QED) is 0.709. The Morgan fingerprint density at radius 1 is 0.882 bits per heavy atom. The summed E-state index contributed by atoms with van der Waals surface area (Å²) in [7, 11) is -3.08. The Bertz CT molecular complexity index is 317. The Labute approximate surface area is 105 Å². The summed E-state index contributed by atoms with van der Waals surface area (Å²) >= 11 is 0. The van der Waals surface area contributed by atoms with Crippen LogP contribution in [0.4, 0.5) is 0 Å². The molecule has 0 aromatic carbocycles. The lowest BCUT2D eigenvalue weighted by Crippen LogP contribution is -2.38. The first-order valence-corrected chi connectivity index (χ1v) is 8.54. The second-order valence-electron chi connectivity index (χ2n) is 5.35. The highest BCUT2D eigenvalue weighted by atomic mass is 32.2. The molecule has 0 amide bonds. The van der Waals surface area contributed by atoms with Gasteiger partial charge < -0.3 is 5.32 Å². The number of hydrogen-bond donors (Lipinski definition) is 2. The summed E-state index contributed by atoms with van der Waals surface area (Å²) in [5.41, 5.74) is 0. The predicted octanol–water partition coefficient (Wildman–Crippen LogP) is 1.38. The van der Waals surface area contributed by atoms with Crippen molar-refractivity contribution in [3.8, 4) is 0 Å². The average Bonchev–Trinajstić information content (AvgIpc) is 3.05. The first-order valence-electron chi connectivity index (χ1n) is 6.89. The summed E-state index contributed by atoms with van der Waals surface area (Å²) in [6, 6.07) is 0.770. The highest BCUT2D eigenvalue weighted by Gasteiger charge is 2.22. The Morgan fingerprint density at radius 3 is 2.12 bits per heavy atom. The third kappa shape index (κ3) is 5.36. The van der Waals surface area contributed by atoms with Crippen molar-refractivity contribution in [2.45, 2.75) is 63.5 Å². The van der Waals surface area contributed by atoms with Gasteiger partial charge in [-0.15, -0.1) is 0 Å². The van der Waals surface area contributed by atoms with Gasteiger partial charge in [-0.1, -0.05) is 25.7 Å². The molecule has 100 valence electrons. The smallest absolute Gasteiger partial charge is 0.213 e. The van der Waals surface area contributed by atoms with E-state index in [4.69, 9.17) is 0 Å². The lowest BCUT2D eigenvalue weighted by Gasteiger charge is -2.16. The summed E-state index contributed by atoms with van der Waals surface area (Å²) < 4.78 is 26.6. The summed E-state index contributed by atoms with van der Waals surface area (Å²) in [4.78, 5) is 0. The van der Waals surface area contributed by atoms with E-state index in [0.29, 0.717) is 12.6 Å². The highest BCUT2D eigenvalue weighted by molar-refractivity contribution is 7.89. The zero-order chi connectivity index (χ0) is 12.1. The zero-order valence-corrected chi connectivity index (χ0v) is 11.3. The monoisotopic (exact) mass is 260 g/mol. The summed E-state index contributed by atoms with van der Waals surface area (Å²) in [6.07, 6.45) is 9.25. The van der Waals surface area contributed by atoms with Crippen molar-refractivity contribution in [1.29, 1.82) is 0 Å². The molecular weight excluding hydrogens is 236 g/mol. The van der Waals surface area contributed by atoms with Crippen LogP contribution in [-0.2, 0) is 10.0 Å². The normalized spacial score (nSPS) is 23.5. The van der Waals surface area contributed by atoms with Gasteiger partial charge in [0.05, 0.1) is 5.75 Å². The fourth-order valence-electron chi connectivity index (χ4n) is 2.39. The standard InChI is InChI=1S/C12H24N2O2S/c15-17(16,10-9-13-11-7-8-11)14-12-5-3-1-2-4-6-12/h11-14H,1-10H2. The second-order valence-corrected chi connectivity index (χ2v) is 7.23. The largest absolute Gasteiger partial charge is 0.313 e. The molecule has 17 heavy (non-hydrogen) atoms. The van der Waals surface area contributed by atoms with E-state index in [2.05, 4.69) is 10.0 Å². The van der Waals surface area contributed by atoms with Crippen molar-refractivity contribution in [1.82, 2.24) is 10.0 Å². The van der Waals surface area contributed by atoms with E-state index in [0.717, 1.165) is 25.7 Å². The minimum absolute atomic E-state index is 0.184. The van der Waals surface area contributed by atoms with Crippen LogP contribution in [-0.4, -0.2) is 32.8 Å². The molecule has 0 aromatic rings. The lowest BCUT2D eigenvalue weighted by molar-refractivity contribution is 0.508. The van der Waals surface area contributed by atoms with Gasteiger partial charge in [0.15, 0.2) is 0 Å². The molecule has 0 heterocycles. The topological polar surface area (TPSA) is 58.2 Å². The van der Waals surface area contributed by atoms with E-state index in [1.165, 1.54) is 25.7 Å². The summed E-state index contributed by atoms with van der Waals surface area (Å²) in [6.45, 7) is 0.590. The van der Waals surface area contributed by atoms with Gasteiger partial charge in [-0.25, -0.2) is 13.1 Å². The van der Waals surface area contributed by atoms with E-state index >= 15 is 0 Å². The molecule has 5 heteroatoms. The van der Waals surface area contributed by atoms with E-state index in [1.54, 1.807) is 0 Å². The Balaban J connectivity index is 1.70. The molecule has 0 atom stereocenters. The maximum Gasteiger partial charge on any atom is 0.213 e. The van der Waals surface area contributed by atoms with Crippen LogP contribution < -0.4 is 10.0 Å². The molecule has 2 aliphatic carbocycles. The van der Waals surface area contributed by atoms with Crippen molar-refractivity contribution in [2.75, 3.05) is 12.3 Å². The fourth-order valence-corrected chi connectivity index (χ4v) is 3.64. The van der Waals surface area contributed by atoms with Crippen LogP contribution in [0.3, 0.4) is 0 Å². The minimum Gasteiger partial charge on any atom is -0.313 e. The Hall–Kier alpha value is -0.130. The molecule has 2 N–H and O–H groups in total. The van der Waals surface area contributed by atoms with Gasteiger partial charge >= 0.3 is 0 Å². The molecule has 0 saturated heterocycles. The zero-order valence-electron chi connectivity index (χ0n) is 10.5. The maximum atomic E-state index is 11.9. The van der Waals surface area contributed by atoms with E-state index < -0.39 is 10.0 Å². The first kappa shape index (κ1) is 13.3. The molecule has 0 bridgehead atoms. The number of rotatable bonds is 6. The van der Waals surface area contributed by atoms with Gasteiger partial charge in [0.1, 0.15) is 0 Å². The van der Waals surface area contributed by atoms with Crippen molar-refractivity contribution in [2.24, 2.45) is 0 Å². The van der Waals surface area contributed by atoms with Crippen molar-refractivity contribution >= 4 is 10.0 Å². The Kier molecular flexibility index (Phi) is 4.82. The molecule has 2 aliphatic rings. The van der Waals surface area contributed by atoms with Gasteiger partial charge in [-0.2, -0.15) is 0 Å². The minimum atomic E-state index is -3.08. The molecule has 2 fully saturated rings. The van der Waals surface area contributed by atoms with E-state index in [9.17, 15) is 8.42 Å². The fraction of sp³-hybridized carbons (Fsp3) is 1.00. The number of sulfonamides is 1. The summed E-state index contributed by atoms with van der Waals surface area (Å²) in [5.74, 6) is 0.222. The van der Waals surface area contributed by atoms with Crippen LogP contribution >= 0.6 is 0 Å². The van der Waals surface area contributed by atoms with Gasteiger partial charge in [0.25, 0.3) is 0 Å². The van der Waals surface area contributed by atoms with Crippen LogP contribution in [0.2, 0.25) is 0 Å². The third-order valence-corrected chi connectivity index (χ3v) is 5.02. The third-order valence-electron chi connectivity index (χ3n) is 3.58. The molecule has 0 radical (unpaired) electrons. The maximum absolute atomic E-state index is 11.9. The van der Waals surface area contributed by atoms with Gasteiger partial charge in [0, 0.05) is 18.6 Å².